The van der Waals surface area contributed by atoms with E-state index in [1.54, 1.807) is 14.2 Å². The number of hydrogen-bond donors (Lipinski definition) is 1. The summed E-state index contributed by atoms with van der Waals surface area (Å²) in [6.45, 7) is 2.16. The van der Waals surface area contributed by atoms with Crippen LogP contribution in [0.5, 0.6) is 11.5 Å². The molecule has 3 nitrogen and oxygen atoms in total. The molecule has 4 aromatic rings. The maximum Gasteiger partial charge on any atom is 0.127 e. The summed E-state index contributed by atoms with van der Waals surface area (Å²) in [5, 5.41) is 1.26. The van der Waals surface area contributed by atoms with Crippen molar-refractivity contribution in [1.82, 2.24) is 4.98 Å². The van der Waals surface area contributed by atoms with Crippen molar-refractivity contribution in [1.29, 1.82) is 0 Å². The van der Waals surface area contributed by atoms with Gasteiger partial charge in [0.05, 0.1) is 14.2 Å². The van der Waals surface area contributed by atoms with Crippen LogP contribution in [0, 0.1) is 6.92 Å². The van der Waals surface area contributed by atoms with Crippen molar-refractivity contribution >= 4 is 10.9 Å². The van der Waals surface area contributed by atoms with E-state index < -0.39 is 0 Å². The molecule has 0 saturated carbocycles. The summed E-state index contributed by atoms with van der Waals surface area (Å²) in [5.74, 6) is 1.82. The second kappa shape index (κ2) is 5.92. The molecule has 0 aliphatic heterocycles. The van der Waals surface area contributed by atoms with Gasteiger partial charge < -0.3 is 14.5 Å². The van der Waals surface area contributed by atoms with Gasteiger partial charge in [0.2, 0.25) is 0 Å². The average Bonchev–Trinajstić information content (AvgIpc) is 3.21. The summed E-state index contributed by atoms with van der Waals surface area (Å²) in [6, 6.07) is 21.3. The molecule has 0 bridgehead atoms. The quantitative estimate of drug-likeness (QED) is 0.453. The molecular weight excluding hydrogens is 334 g/mol. The van der Waals surface area contributed by atoms with Crippen molar-refractivity contribution < 1.29 is 9.47 Å². The Morgan fingerprint density at radius 3 is 2.41 bits per heavy atom. The summed E-state index contributed by atoms with van der Waals surface area (Å²) >= 11 is 0. The van der Waals surface area contributed by atoms with Gasteiger partial charge in [-0.05, 0) is 41.3 Å². The van der Waals surface area contributed by atoms with E-state index >= 15 is 0 Å². The van der Waals surface area contributed by atoms with Crippen LogP contribution in [0.25, 0.3) is 22.0 Å². The number of aromatic nitrogens is 1. The van der Waals surface area contributed by atoms with Gasteiger partial charge in [-0.25, -0.2) is 0 Å². The van der Waals surface area contributed by atoms with Crippen molar-refractivity contribution in [2.75, 3.05) is 14.2 Å². The summed E-state index contributed by atoms with van der Waals surface area (Å²) in [6.07, 6.45) is 0. The van der Waals surface area contributed by atoms with E-state index in [2.05, 4.69) is 66.5 Å². The first kappa shape index (κ1) is 16.0. The fraction of sp³-hybridized carbons (Fsp3) is 0.167. The predicted molar refractivity (Wildman–Crippen MR) is 109 cm³/mol. The second-order valence-electron chi connectivity index (χ2n) is 7.02. The number of benzene rings is 3. The zero-order valence-electron chi connectivity index (χ0n) is 15.7. The molecule has 0 amide bonds. The van der Waals surface area contributed by atoms with Crippen LogP contribution >= 0.6 is 0 Å². The van der Waals surface area contributed by atoms with Gasteiger partial charge in [-0.3, -0.25) is 0 Å². The van der Waals surface area contributed by atoms with Crippen LogP contribution in [0.4, 0.5) is 0 Å². The molecule has 5 rings (SSSR count). The first-order valence-corrected chi connectivity index (χ1v) is 9.15. The van der Waals surface area contributed by atoms with Gasteiger partial charge in [0, 0.05) is 34.1 Å². The molecule has 1 aromatic heterocycles. The lowest BCUT2D eigenvalue weighted by molar-refractivity contribution is 0.391. The van der Waals surface area contributed by atoms with Crippen LogP contribution in [0.2, 0.25) is 0 Å². The molecule has 0 spiro atoms. The van der Waals surface area contributed by atoms with E-state index in [9.17, 15) is 0 Å². The fourth-order valence-corrected chi connectivity index (χ4v) is 4.53. The molecule has 0 fully saturated rings. The molecule has 1 heterocycles. The van der Waals surface area contributed by atoms with Gasteiger partial charge >= 0.3 is 0 Å². The first-order chi connectivity index (χ1) is 13.2. The zero-order valence-corrected chi connectivity index (χ0v) is 15.7. The summed E-state index contributed by atoms with van der Waals surface area (Å²) in [7, 11) is 3.43. The Bertz CT molecular complexity index is 1170. The van der Waals surface area contributed by atoms with Gasteiger partial charge in [0.1, 0.15) is 11.5 Å². The van der Waals surface area contributed by atoms with Crippen molar-refractivity contribution in [2.24, 2.45) is 0 Å². The van der Waals surface area contributed by atoms with Gasteiger partial charge in [0.25, 0.3) is 0 Å². The molecule has 0 radical (unpaired) electrons. The zero-order chi connectivity index (χ0) is 18.5. The van der Waals surface area contributed by atoms with Crippen LogP contribution in [0.1, 0.15) is 28.3 Å². The minimum absolute atomic E-state index is 0.133. The number of aryl methyl sites for hydroxylation is 1. The highest BCUT2D eigenvalue weighted by molar-refractivity contribution is 5.91. The topological polar surface area (TPSA) is 34.2 Å². The highest BCUT2D eigenvalue weighted by atomic mass is 16.5. The van der Waals surface area contributed by atoms with Gasteiger partial charge in [-0.15, -0.1) is 0 Å². The van der Waals surface area contributed by atoms with E-state index in [4.69, 9.17) is 9.47 Å². The number of methoxy groups -OCH3 is 2. The van der Waals surface area contributed by atoms with Crippen LogP contribution in [0.15, 0.2) is 60.7 Å². The molecule has 1 N–H and O–H groups in total. The Morgan fingerprint density at radius 1 is 0.815 bits per heavy atom. The highest BCUT2D eigenvalue weighted by Crippen LogP contribution is 2.54. The molecule has 27 heavy (non-hydrogen) atoms. The standard InChI is InChI=1S/C24H21NO2/c1-14-22(18-10-6-7-11-20(18)25-14)24-17-9-5-4-8-16(17)19-12-15(26-2)13-21(27-3)23(19)24/h4-13,24-25H,1-3H3. The lowest BCUT2D eigenvalue weighted by atomic mass is 9.87. The minimum atomic E-state index is 0.133. The average molecular weight is 355 g/mol. The van der Waals surface area contributed by atoms with E-state index in [1.807, 2.05) is 6.07 Å². The van der Waals surface area contributed by atoms with E-state index in [-0.39, 0.29) is 5.92 Å². The molecule has 3 heteroatoms. The molecule has 3 aromatic carbocycles. The summed E-state index contributed by atoms with van der Waals surface area (Å²) in [5.41, 5.74) is 8.65. The Hall–Kier alpha value is -3.20. The second-order valence-corrected chi connectivity index (χ2v) is 7.02. The Morgan fingerprint density at radius 2 is 1.59 bits per heavy atom. The number of rotatable bonds is 3. The van der Waals surface area contributed by atoms with Crippen molar-refractivity contribution in [2.45, 2.75) is 12.8 Å². The Labute approximate surface area is 158 Å². The van der Waals surface area contributed by atoms with Gasteiger partial charge in [-0.1, -0.05) is 42.5 Å². The SMILES string of the molecule is COc1cc(OC)c2c(c1)-c1ccccc1C2c1c(C)[nH]c2ccccc12. The lowest BCUT2D eigenvalue weighted by Gasteiger charge is -2.18. The van der Waals surface area contributed by atoms with E-state index in [1.165, 1.54) is 44.4 Å². The Balaban J connectivity index is 1.88. The predicted octanol–water partition coefficient (Wildman–Crippen LogP) is 5.65. The molecule has 1 unspecified atom stereocenters. The van der Waals surface area contributed by atoms with E-state index in [0.717, 1.165) is 11.5 Å². The normalized spacial score (nSPS) is 14.9. The third-order valence-corrected chi connectivity index (χ3v) is 5.65. The maximum absolute atomic E-state index is 5.82. The van der Waals surface area contributed by atoms with Crippen molar-refractivity contribution in [3.8, 4) is 22.6 Å². The van der Waals surface area contributed by atoms with Gasteiger partial charge in [0.15, 0.2) is 0 Å². The monoisotopic (exact) mass is 355 g/mol. The molecule has 1 aliphatic rings. The number of H-pyrrole nitrogens is 1. The number of nitrogens with one attached hydrogen (secondary N) is 1. The van der Waals surface area contributed by atoms with Crippen LogP contribution in [-0.2, 0) is 0 Å². The van der Waals surface area contributed by atoms with Crippen LogP contribution in [-0.4, -0.2) is 19.2 Å². The minimum Gasteiger partial charge on any atom is -0.497 e. The number of hydrogen-bond acceptors (Lipinski definition) is 2. The largest absolute Gasteiger partial charge is 0.497 e. The van der Waals surface area contributed by atoms with Gasteiger partial charge in [-0.2, -0.15) is 0 Å². The molecule has 0 saturated heterocycles. The Kier molecular flexibility index (Phi) is 3.51. The van der Waals surface area contributed by atoms with Crippen molar-refractivity contribution in [3.63, 3.8) is 0 Å². The molecular formula is C24H21NO2. The molecule has 134 valence electrons. The number of ether oxygens (including phenoxy) is 2. The fourth-order valence-electron chi connectivity index (χ4n) is 4.53. The third-order valence-electron chi connectivity index (χ3n) is 5.65. The summed E-state index contributed by atoms with van der Waals surface area (Å²) in [4.78, 5) is 3.56. The first-order valence-electron chi connectivity index (χ1n) is 9.15. The maximum atomic E-state index is 5.82. The smallest absolute Gasteiger partial charge is 0.127 e. The number of aromatic amines is 1. The molecule has 1 atom stereocenters. The summed E-state index contributed by atoms with van der Waals surface area (Å²) < 4.78 is 11.4. The highest BCUT2D eigenvalue weighted by Gasteiger charge is 2.35. The van der Waals surface area contributed by atoms with Crippen molar-refractivity contribution in [3.05, 3.63) is 83.0 Å². The number of para-hydroxylation sites is 1. The van der Waals surface area contributed by atoms with E-state index in [0.29, 0.717) is 0 Å². The number of fused-ring (bicyclic) bond motifs is 4. The van der Waals surface area contributed by atoms with Crippen LogP contribution < -0.4 is 9.47 Å². The van der Waals surface area contributed by atoms with Crippen LogP contribution in [0.3, 0.4) is 0 Å². The molecule has 1 aliphatic carbocycles. The lowest BCUT2D eigenvalue weighted by Crippen LogP contribution is -2.03. The third kappa shape index (κ3) is 2.21.